The summed E-state index contributed by atoms with van der Waals surface area (Å²) < 4.78 is 18.4. The second-order valence-corrected chi connectivity index (χ2v) is 6.27. The maximum atomic E-state index is 13.4. The minimum absolute atomic E-state index is 0.220. The lowest BCUT2D eigenvalue weighted by atomic mass is 10.2. The molecule has 2 aromatic rings. The summed E-state index contributed by atoms with van der Waals surface area (Å²) in [6.45, 7) is 5.43. The number of hydrogen-bond acceptors (Lipinski definition) is 3. The smallest absolute Gasteiger partial charge is 0.194 e. The molecule has 0 radical (unpaired) electrons. The monoisotopic (exact) mass is 372 g/mol. The van der Waals surface area contributed by atoms with E-state index in [2.05, 4.69) is 22.8 Å². The minimum Gasteiger partial charge on any atom is -0.383 e. The van der Waals surface area contributed by atoms with Crippen LogP contribution in [0.15, 0.2) is 53.5 Å². The summed E-state index contributed by atoms with van der Waals surface area (Å²) in [7, 11) is 3.64. The van der Waals surface area contributed by atoms with Crippen molar-refractivity contribution in [3.8, 4) is 0 Å². The van der Waals surface area contributed by atoms with Crippen molar-refractivity contribution in [2.24, 2.45) is 4.99 Å². The first-order valence-electron chi connectivity index (χ1n) is 9.18. The van der Waals surface area contributed by atoms with Crippen LogP contribution in [0, 0.1) is 5.82 Å². The van der Waals surface area contributed by atoms with Gasteiger partial charge in [-0.3, -0.25) is 0 Å². The molecule has 27 heavy (non-hydrogen) atoms. The number of rotatable bonds is 9. The van der Waals surface area contributed by atoms with Crippen molar-refractivity contribution in [1.29, 1.82) is 0 Å². The number of ether oxygens (including phenoxy) is 1. The number of aliphatic imine (C=N–C) groups is 1. The molecule has 2 rings (SSSR count). The molecule has 5 nitrogen and oxygen atoms in total. The van der Waals surface area contributed by atoms with Crippen LogP contribution in [-0.2, 0) is 17.8 Å². The third-order valence-electron chi connectivity index (χ3n) is 4.01. The maximum Gasteiger partial charge on any atom is 0.194 e. The SMILES string of the molecule is CCNC(=NCc1ccc(NCCOC)cc1)N(C)Cc1cccc(F)c1. The van der Waals surface area contributed by atoms with Crippen LogP contribution in [0.4, 0.5) is 10.1 Å². The van der Waals surface area contributed by atoms with Crippen molar-refractivity contribution < 1.29 is 9.13 Å². The summed E-state index contributed by atoms with van der Waals surface area (Å²) in [6, 6.07) is 14.9. The van der Waals surface area contributed by atoms with Gasteiger partial charge < -0.3 is 20.3 Å². The second kappa shape index (κ2) is 11.2. The Hall–Kier alpha value is -2.60. The van der Waals surface area contributed by atoms with Crippen molar-refractivity contribution in [3.05, 3.63) is 65.5 Å². The molecule has 0 atom stereocenters. The Morgan fingerprint density at radius 1 is 1.15 bits per heavy atom. The van der Waals surface area contributed by atoms with Gasteiger partial charge >= 0.3 is 0 Å². The van der Waals surface area contributed by atoms with Gasteiger partial charge in [-0.15, -0.1) is 0 Å². The summed E-state index contributed by atoms with van der Waals surface area (Å²) in [5.74, 6) is 0.575. The Balaban J connectivity index is 1.97. The van der Waals surface area contributed by atoms with Gasteiger partial charge in [-0.2, -0.15) is 0 Å². The fourth-order valence-electron chi connectivity index (χ4n) is 2.65. The molecular weight excluding hydrogens is 343 g/mol. The number of methoxy groups -OCH3 is 1. The van der Waals surface area contributed by atoms with E-state index in [0.717, 1.165) is 35.9 Å². The molecule has 0 unspecified atom stereocenters. The number of halogens is 1. The lowest BCUT2D eigenvalue weighted by Gasteiger charge is -2.22. The fourth-order valence-corrected chi connectivity index (χ4v) is 2.65. The third-order valence-corrected chi connectivity index (χ3v) is 4.01. The largest absolute Gasteiger partial charge is 0.383 e. The highest BCUT2D eigenvalue weighted by Gasteiger charge is 2.07. The zero-order valence-corrected chi connectivity index (χ0v) is 16.3. The van der Waals surface area contributed by atoms with Gasteiger partial charge in [0, 0.05) is 39.5 Å². The molecule has 0 aliphatic rings. The van der Waals surface area contributed by atoms with Crippen molar-refractivity contribution in [1.82, 2.24) is 10.2 Å². The number of nitrogens with one attached hydrogen (secondary N) is 2. The molecule has 0 heterocycles. The van der Waals surface area contributed by atoms with Gasteiger partial charge in [0.25, 0.3) is 0 Å². The number of nitrogens with zero attached hydrogens (tertiary/aromatic N) is 2. The lowest BCUT2D eigenvalue weighted by Crippen LogP contribution is -2.38. The highest BCUT2D eigenvalue weighted by Crippen LogP contribution is 2.11. The van der Waals surface area contributed by atoms with E-state index in [9.17, 15) is 4.39 Å². The van der Waals surface area contributed by atoms with Gasteiger partial charge in [-0.1, -0.05) is 24.3 Å². The molecule has 146 valence electrons. The number of hydrogen-bond donors (Lipinski definition) is 2. The summed E-state index contributed by atoms with van der Waals surface area (Å²) in [5, 5.41) is 6.59. The van der Waals surface area contributed by atoms with E-state index < -0.39 is 0 Å². The van der Waals surface area contributed by atoms with Crippen LogP contribution >= 0.6 is 0 Å². The van der Waals surface area contributed by atoms with Crippen LogP contribution in [0.25, 0.3) is 0 Å². The fraction of sp³-hybridized carbons (Fsp3) is 0.381. The molecule has 2 N–H and O–H groups in total. The second-order valence-electron chi connectivity index (χ2n) is 6.27. The zero-order chi connectivity index (χ0) is 19.5. The van der Waals surface area contributed by atoms with Crippen LogP contribution < -0.4 is 10.6 Å². The van der Waals surface area contributed by atoms with Gasteiger partial charge in [0.2, 0.25) is 0 Å². The Kier molecular flexibility index (Phi) is 8.58. The van der Waals surface area contributed by atoms with Crippen molar-refractivity contribution in [3.63, 3.8) is 0 Å². The molecule has 0 aliphatic carbocycles. The molecule has 0 aromatic heterocycles. The van der Waals surface area contributed by atoms with Gasteiger partial charge in [0.1, 0.15) is 5.82 Å². The number of anilines is 1. The molecular formula is C21H29FN4O. The van der Waals surface area contributed by atoms with E-state index in [4.69, 9.17) is 9.73 Å². The van der Waals surface area contributed by atoms with Gasteiger partial charge in [0.15, 0.2) is 5.96 Å². The van der Waals surface area contributed by atoms with Gasteiger partial charge in [0.05, 0.1) is 13.2 Å². The highest BCUT2D eigenvalue weighted by molar-refractivity contribution is 5.79. The Morgan fingerprint density at radius 2 is 1.93 bits per heavy atom. The molecule has 0 fully saturated rings. The normalized spacial score (nSPS) is 11.3. The van der Waals surface area contributed by atoms with E-state index >= 15 is 0 Å². The summed E-state index contributed by atoms with van der Waals surface area (Å²) in [5.41, 5.74) is 3.10. The van der Waals surface area contributed by atoms with Crippen molar-refractivity contribution in [2.45, 2.75) is 20.0 Å². The van der Waals surface area contributed by atoms with E-state index in [1.807, 2.05) is 37.1 Å². The molecule has 0 saturated heterocycles. The topological polar surface area (TPSA) is 48.9 Å². The van der Waals surface area contributed by atoms with E-state index in [0.29, 0.717) is 19.7 Å². The average Bonchev–Trinajstić information content (AvgIpc) is 2.66. The summed E-state index contributed by atoms with van der Waals surface area (Å²) in [4.78, 5) is 6.70. The first-order valence-corrected chi connectivity index (χ1v) is 9.18. The Morgan fingerprint density at radius 3 is 2.59 bits per heavy atom. The van der Waals surface area contributed by atoms with Crippen LogP contribution in [0.3, 0.4) is 0 Å². The molecule has 6 heteroatoms. The summed E-state index contributed by atoms with van der Waals surface area (Å²) in [6.07, 6.45) is 0. The van der Waals surface area contributed by atoms with E-state index in [-0.39, 0.29) is 5.82 Å². The van der Waals surface area contributed by atoms with E-state index in [1.165, 1.54) is 6.07 Å². The third kappa shape index (κ3) is 7.27. The lowest BCUT2D eigenvalue weighted by molar-refractivity contribution is 0.211. The number of guanidine groups is 1. The molecule has 0 amide bonds. The molecule has 2 aromatic carbocycles. The maximum absolute atomic E-state index is 13.4. The van der Waals surface area contributed by atoms with Crippen molar-refractivity contribution in [2.75, 3.05) is 39.2 Å². The Bertz CT molecular complexity index is 718. The minimum atomic E-state index is -0.220. The molecule has 0 aliphatic heterocycles. The standard InChI is InChI=1S/C21H29FN4O/c1-4-23-21(26(2)16-18-6-5-7-19(22)14-18)25-15-17-8-10-20(11-9-17)24-12-13-27-3/h5-11,14,24H,4,12-13,15-16H2,1-3H3,(H,23,25). The zero-order valence-electron chi connectivity index (χ0n) is 16.3. The first-order chi connectivity index (χ1) is 13.1. The predicted octanol–water partition coefficient (Wildman–Crippen LogP) is 3.48. The molecule has 0 bridgehead atoms. The Labute approximate surface area is 161 Å². The molecule has 0 saturated carbocycles. The van der Waals surface area contributed by atoms with Crippen LogP contribution in [0.5, 0.6) is 0 Å². The van der Waals surface area contributed by atoms with E-state index in [1.54, 1.807) is 19.2 Å². The van der Waals surface area contributed by atoms with Crippen LogP contribution in [0.1, 0.15) is 18.1 Å². The van der Waals surface area contributed by atoms with Crippen LogP contribution in [0.2, 0.25) is 0 Å². The van der Waals surface area contributed by atoms with Gasteiger partial charge in [-0.25, -0.2) is 9.38 Å². The first kappa shape index (κ1) is 20.7. The predicted molar refractivity (Wildman–Crippen MR) is 109 cm³/mol. The summed E-state index contributed by atoms with van der Waals surface area (Å²) >= 11 is 0. The quantitative estimate of drug-likeness (QED) is 0.402. The molecule has 0 spiro atoms. The van der Waals surface area contributed by atoms with Crippen molar-refractivity contribution >= 4 is 11.6 Å². The number of benzene rings is 2. The van der Waals surface area contributed by atoms with Gasteiger partial charge in [-0.05, 0) is 42.3 Å². The highest BCUT2D eigenvalue weighted by atomic mass is 19.1. The average molecular weight is 372 g/mol. The van der Waals surface area contributed by atoms with Crippen LogP contribution in [-0.4, -0.2) is 44.7 Å².